The van der Waals surface area contributed by atoms with Crippen molar-refractivity contribution in [3.05, 3.63) is 29.4 Å². The summed E-state index contributed by atoms with van der Waals surface area (Å²) in [7, 11) is 2.06. The van der Waals surface area contributed by atoms with Crippen LogP contribution in [0.3, 0.4) is 0 Å². The first-order valence-corrected chi connectivity index (χ1v) is 11.2. The molecule has 2 aromatic heterocycles. The summed E-state index contributed by atoms with van der Waals surface area (Å²) in [4.78, 5) is 6.64. The Morgan fingerprint density at radius 2 is 1.97 bits per heavy atom. The van der Waals surface area contributed by atoms with E-state index in [-0.39, 0.29) is 10.8 Å². The number of benzene rings is 1. The molecule has 1 aromatic carbocycles. The zero-order valence-corrected chi connectivity index (χ0v) is 17.9. The van der Waals surface area contributed by atoms with Crippen molar-refractivity contribution in [3.8, 4) is 33.8 Å². The molecule has 31 heavy (non-hydrogen) atoms. The lowest BCUT2D eigenvalue weighted by molar-refractivity contribution is 0.219. The Labute approximate surface area is 183 Å². The van der Waals surface area contributed by atoms with Crippen LogP contribution in [0.25, 0.3) is 22.0 Å². The third kappa shape index (κ3) is 3.94. The minimum absolute atomic E-state index is 0.0280. The predicted octanol–water partition coefficient (Wildman–Crippen LogP) is 2.74. The van der Waals surface area contributed by atoms with Crippen LogP contribution in [0.1, 0.15) is 37.1 Å². The van der Waals surface area contributed by atoms with Crippen molar-refractivity contribution in [2.45, 2.75) is 50.2 Å². The van der Waals surface area contributed by atoms with Gasteiger partial charge in [0.15, 0.2) is 11.6 Å². The van der Waals surface area contributed by atoms with Gasteiger partial charge in [0.25, 0.3) is 0 Å². The Kier molecular flexibility index (Phi) is 5.21. The van der Waals surface area contributed by atoms with E-state index >= 15 is 0 Å². The molecule has 0 amide bonds. The topological polar surface area (TPSA) is 124 Å². The normalized spacial score (nSPS) is 22.6. The molecule has 2 N–H and O–H groups in total. The number of hydrogen-bond acceptors (Lipinski definition) is 10. The number of nitrogens with zero attached hydrogens (tertiary/aromatic N) is 7. The molecule has 10 heteroatoms. The highest BCUT2D eigenvalue weighted by Crippen LogP contribution is 2.33. The number of aromatic nitrogens is 5. The Morgan fingerprint density at radius 3 is 2.61 bits per heavy atom. The minimum Gasteiger partial charge on any atom is -0.507 e. The number of aromatic hydroxyl groups is 1. The summed E-state index contributed by atoms with van der Waals surface area (Å²) in [6.45, 7) is 0. The van der Waals surface area contributed by atoms with E-state index in [0.717, 1.165) is 18.7 Å². The van der Waals surface area contributed by atoms with Crippen molar-refractivity contribution >= 4 is 17.2 Å². The van der Waals surface area contributed by atoms with Crippen LogP contribution in [0, 0.1) is 11.3 Å². The molecule has 0 aliphatic carbocycles. The van der Waals surface area contributed by atoms with E-state index in [4.69, 9.17) is 5.26 Å². The van der Waals surface area contributed by atoms with E-state index < -0.39 is 0 Å². The molecule has 0 saturated carbocycles. The summed E-state index contributed by atoms with van der Waals surface area (Å²) in [5.41, 5.74) is 1.17. The van der Waals surface area contributed by atoms with Gasteiger partial charge in [0.2, 0.25) is 5.01 Å². The van der Waals surface area contributed by atoms with Crippen molar-refractivity contribution < 1.29 is 5.11 Å². The van der Waals surface area contributed by atoms with Crippen LogP contribution in [0.5, 0.6) is 5.75 Å². The highest BCUT2D eigenvalue weighted by Gasteiger charge is 2.33. The number of anilines is 1. The van der Waals surface area contributed by atoms with Gasteiger partial charge in [-0.15, -0.1) is 20.4 Å². The van der Waals surface area contributed by atoms with Crippen molar-refractivity contribution in [2.24, 2.45) is 0 Å². The standard InChI is InChI=1S/C21H22N8OS/c1-29(15-8-13-3-2-4-14(9-15)24-13)18-11-23-20(27-25-18)16-6-5-12(7-17(16)30)21-28-26-19(10-22)31-21/h5-7,11,13-15,24,30H,2-4,8-9H2,1H3/t13-,14+,15?. The second-order valence-corrected chi connectivity index (χ2v) is 9.10. The summed E-state index contributed by atoms with van der Waals surface area (Å²) < 4.78 is 0. The summed E-state index contributed by atoms with van der Waals surface area (Å²) in [5, 5.41) is 40.4. The molecule has 3 aromatic rings. The molecule has 1 unspecified atom stereocenters. The predicted molar refractivity (Wildman–Crippen MR) is 117 cm³/mol. The van der Waals surface area contributed by atoms with E-state index in [9.17, 15) is 5.11 Å². The second kappa shape index (κ2) is 8.17. The molecule has 2 bridgehead atoms. The summed E-state index contributed by atoms with van der Waals surface area (Å²) in [5.74, 6) is 1.13. The summed E-state index contributed by atoms with van der Waals surface area (Å²) in [6, 6.07) is 8.68. The van der Waals surface area contributed by atoms with Crippen LogP contribution in [0.15, 0.2) is 24.4 Å². The molecule has 158 valence electrons. The second-order valence-electron chi connectivity index (χ2n) is 8.12. The van der Waals surface area contributed by atoms with Crippen LogP contribution in [0.2, 0.25) is 0 Å². The van der Waals surface area contributed by atoms with E-state index in [2.05, 4.69) is 42.6 Å². The number of nitriles is 1. The third-order valence-electron chi connectivity index (χ3n) is 6.15. The molecule has 9 nitrogen and oxygen atoms in total. The molecule has 2 saturated heterocycles. The number of phenolic OH excluding ortho intramolecular Hbond substituents is 1. The van der Waals surface area contributed by atoms with Crippen LogP contribution in [-0.4, -0.2) is 55.7 Å². The molecule has 0 spiro atoms. The zero-order chi connectivity index (χ0) is 21.4. The summed E-state index contributed by atoms with van der Waals surface area (Å²) in [6.07, 6.45) is 7.74. The first-order valence-electron chi connectivity index (χ1n) is 10.4. The lowest BCUT2D eigenvalue weighted by Gasteiger charge is -2.43. The van der Waals surface area contributed by atoms with Crippen molar-refractivity contribution in [1.82, 2.24) is 30.7 Å². The number of fused-ring (bicyclic) bond motifs is 2. The molecule has 2 fully saturated rings. The number of nitrogens with one attached hydrogen (secondary N) is 1. The fourth-order valence-corrected chi connectivity index (χ4v) is 5.17. The van der Waals surface area contributed by atoms with Gasteiger partial charge >= 0.3 is 0 Å². The first-order chi connectivity index (χ1) is 15.1. The molecule has 4 heterocycles. The van der Waals surface area contributed by atoms with Crippen LogP contribution >= 0.6 is 11.3 Å². The zero-order valence-electron chi connectivity index (χ0n) is 17.1. The largest absolute Gasteiger partial charge is 0.507 e. The number of piperidine rings is 2. The fraction of sp³-hybridized carbons (Fsp3) is 0.429. The van der Waals surface area contributed by atoms with Crippen LogP contribution in [0.4, 0.5) is 5.82 Å². The highest BCUT2D eigenvalue weighted by molar-refractivity contribution is 7.15. The van der Waals surface area contributed by atoms with Crippen molar-refractivity contribution in [3.63, 3.8) is 0 Å². The molecule has 2 aliphatic rings. The van der Waals surface area contributed by atoms with Gasteiger partial charge in [0.1, 0.15) is 16.8 Å². The highest BCUT2D eigenvalue weighted by atomic mass is 32.1. The molecule has 5 rings (SSSR count). The quantitative estimate of drug-likeness (QED) is 0.638. The average molecular weight is 435 g/mol. The van der Waals surface area contributed by atoms with Gasteiger partial charge < -0.3 is 15.3 Å². The minimum atomic E-state index is 0.0280. The monoisotopic (exact) mass is 434 g/mol. The average Bonchev–Trinajstić information content (AvgIpc) is 3.28. The smallest absolute Gasteiger partial charge is 0.218 e. The van der Waals surface area contributed by atoms with Crippen LogP contribution in [-0.2, 0) is 0 Å². The third-order valence-corrected chi connectivity index (χ3v) is 7.03. The lowest BCUT2D eigenvalue weighted by Crippen LogP contribution is -2.54. The molecule has 3 atom stereocenters. The van der Waals surface area contributed by atoms with Gasteiger partial charge in [0, 0.05) is 30.7 Å². The molecule has 0 radical (unpaired) electrons. The van der Waals surface area contributed by atoms with Gasteiger partial charge in [-0.25, -0.2) is 4.98 Å². The molecular weight excluding hydrogens is 412 g/mol. The number of hydrogen-bond donors (Lipinski definition) is 2. The summed E-state index contributed by atoms with van der Waals surface area (Å²) >= 11 is 1.17. The SMILES string of the molecule is CN(c1cnc(-c2ccc(-c3nnc(C#N)s3)cc2O)nn1)C1C[C@H]2CCC[C@@H](C1)N2. The van der Waals surface area contributed by atoms with Gasteiger partial charge in [-0.2, -0.15) is 5.26 Å². The first kappa shape index (κ1) is 19.8. The Balaban J connectivity index is 1.33. The van der Waals surface area contributed by atoms with Gasteiger partial charge in [-0.1, -0.05) is 23.8 Å². The molecular formula is C21H22N8OS. The lowest BCUT2D eigenvalue weighted by atomic mass is 9.83. The van der Waals surface area contributed by atoms with E-state index in [1.165, 1.54) is 30.6 Å². The fourth-order valence-electron chi connectivity index (χ4n) is 4.53. The Bertz CT molecular complexity index is 1110. The Hall–Kier alpha value is -3.16. The van der Waals surface area contributed by atoms with Crippen LogP contribution < -0.4 is 10.2 Å². The van der Waals surface area contributed by atoms with Gasteiger partial charge in [-0.05, 0) is 37.8 Å². The molecule has 2 aliphatic heterocycles. The number of rotatable bonds is 4. The maximum absolute atomic E-state index is 10.5. The maximum Gasteiger partial charge on any atom is 0.218 e. The van der Waals surface area contributed by atoms with Crippen molar-refractivity contribution in [2.75, 3.05) is 11.9 Å². The van der Waals surface area contributed by atoms with E-state index in [1.807, 2.05) is 6.07 Å². The maximum atomic E-state index is 10.5. The van der Waals surface area contributed by atoms with E-state index in [0.29, 0.717) is 40.1 Å². The number of phenols is 1. The van der Waals surface area contributed by atoms with Gasteiger partial charge in [-0.3, -0.25) is 0 Å². The Morgan fingerprint density at radius 1 is 1.16 bits per heavy atom. The van der Waals surface area contributed by atoms with Crippen molar-refractivity contribution in [1.29, 1.82) is 5.26 Å². The van der Waals surface area contributed by atoms with E-state index in [1.54, 1.807) is 24.4 Å². The van der Waals surface area contributed by atoms with Gasteiger partial charge in [0.05, 0.1) is 11.8 Å².